The molecule has 0 saturated carbocycles. The molecule has 2 aromatic carbocycles. The molecule has 6 nitrogen and oxygen atoms in total. The molecule has 1 atom stereocenters. The Morgan fingerprint density at radius 1 is 0.889 bits per heavy atom. The molecule has 2 amide bonds. The topological polar surface area (TPSA) is 76.7 Å². The lowest BCUT2D eigenvalue weighted by atomic mass is 9.87. The second kappa shape index (κ2) is 9.07. The average Bonchev–Trinajstić information content (AvgIpc) is 2.61. The van der Waals surface area contributed by atoms with E-state index in [-0.39, 0.29) is 23.7 Å². The number of amides is 2. The van der Waals surface area contributed by atoms with Crippen LogP contribution in [-0.2, 0) is 9.59 Å². The molecule has 2 aromatic rings. The number of nitrogens with one attached hydrogen (secondary N) is 2. The lowest BCUT2D eigenvalue weighted by Gasteiger charge is -2.22. The van der Waals surface area contributed by atoms with Crippen LogP contribution in [0.15, 0.2) is 42.5 Å². The summed E-state index contributed by atoms with van der Waals surface area (Å²) in [6.45, 7) is 5.43. The first-order valence-corrected chi connectivity index (χ1v) is 8.76. The quantitative estimate of drug-likeness (QED) is 0.771. The fraction of sp³-hybridized carbons (Fsp3) is 0.333. The Bertz CT molecular complexity index is 818. The summed E-state index contributed by atoms with van der Waals surface area (Å²) in [5.74, 6) is 0.616. The van der Waals surface area contributed by atoms with Gasteiger partial charge in [0.2, 0.25) is 11.8 Å². The summed E-state index contributed by atoms with van der Waals surface area (Å²) in [5.41, 5.74) is 2.10. The van der Waals surface area contributed by atoms with Crippen molar-refractivity contribution in [2.24, 2.45) is 5.92 Å². The fourth-order valence-electron chi connectivity index (χ4n) is 2.98. The van der Waals surface area contributed by atoms with Crippen molar-refractivity contribution in [3.8, 4) is 11.5 Å². The zero-order valence-electron chi connectivity index (χ0n) is 16.3. The highest BCUT2D eigenvalue weighted by molar-refractivity contribution is 5.97. The Labute approximate surface area is 159 Å². The number of methoxy groups -OCH3 is 2. The Morgan fingerprint density at radius 2 is 1.52 bits per heavy atom. The van der Waals surface area contributed by atoms with Gasteiger partial charge in [0.05, 0.1) is 20.1 Å². The number of ether oxygens (including phenoxy) is 2. The first kappa shape index (κ1) is 20.3. The van der Waals surface area contributed by atoms with E-state index in [4.69, 9.17) is 9.47 Å². The minimum Gasteiger partial charge on any atom is -0.493 e. The molecule has 6 heteroatoms. The van der Waals surface area contributed by atoms with E-state index in [1.165, 1.54) is 6.92 Å². The molecule has 0 saturated heterocycles. The summed E-state index contributed by atoms with van der Waals surface area (Å²) in [6.07, 6.45) is 0. The van der Waals surface area contributed by atoms with Gasteiger partial charge >= 0.3 is 0 Å². The number of anilines is 2. The van der Waals surface area contributed by atoms with Gasteiger partial charge in [0, 0.05) is 18.3 Å². The molecule has 27 heavy (non-hydrogen) atoms. The third-order valence-electron chi connectivity index (χ3n) is 4.17. The summed E-state index contributed by atoms with van der Waals surface area (Å²) in [5, 5.41) is 5.65. The van der Waals surface area contributed by atoms with Crippen LogP contribution in [0.5, 0.6) is 11.5 Å². The minimum atomic E-state index is -0.366. The second-order valence-electron chi connectivity index (χ2n) is 6.59. The van der Waals surface area contributed by atoms with Crippen molar-refractivity contribution in [1.29, 1.82) is 0 Å². The molecule has 0 spiro atoms. The monoisotopic (exact) mass is 370 g/mol. The van der Waals surface area contributed by atoms with Crippen molar-refractivity contribution in [2.45, 2.75) is 26.7 Å². The molecule has 0 fully saturated rings. The van der Waals surface area contributed by atoms with Gasteiger partial charge in [-0.2, -0.15) is 0 Å². The van der Waals surface area contributed by atoms with E-state index in [0.29, 0.717) is 22.9 Å². The van der Waals surface area contributed by atoms with Crippen LogP contribution in [0.2, 0.25) is 0 Å². The lowest BCUT2D eigenvalue weighted by molar-refractivity contribution is -0.118. The second-order valence-corrected chi connectivity index (χ2v) is 6.59. The fourth-order valence-corrected chi connectivity index (χ4v) is 2.98. The van der Waals surface area contributed by atoms with Crippen LogP contribution in [0.4, 0.5) is 11.4 Å². The normalized spacial score (nSPS) is 11.6. The largest absolute Gasteiger partial charge is 0.493 e. The van der Waals surface area contributed by atoms with Crippen molar-refractivity contribution >= 4 is 23.2 Å². The van der Waals surface area contributed by atoms with Crippen molar-refractivity contribution in [2.75, 3.05) is 24.9 Å². The van der Waals surface area contributed by atoms with Gasteiger partial charge in [-0.05, 0) is 41.8 Å². The maximum Gasteiger partial charge on any atom is 0.232 e. The average molecular weight is 370 g/mol. The molecule has 2 rings (SSSR count). The van der Waals surface area contributed by atoms with E-state index in [0.717, 1.165) is 5.56 Å². The van der Waals surface area contributed by atoms with Crippen molar-refractivity contribution in [3.63, 3.8) is 0 Å². The van der Waals surface area contributed by atoms with Gasteiger partial charge in [-0.15, -0.1) is 0 Å². The van der Waals surface area contributed by atoms with Gasteiger partial charge in [0.1, 0.15) is 0 Å². The summed E-state index contributed by atoms with van der Waals surface area (Å²) in [6, 6.07) is 12.6. The number of hydrogen-bond acceptors (Lipinski definition) is 4. The highest BCUT2D eigenvalue weighted by Gasteiger charge is 2.25. The van der Waals surface area contributed by atoms with Gasteiger partial charge in [-0.3, -0.25) is 9.59 Å². The molecule has 144 valence electrons. The zero-order valence-corrected chi connectivity index (χ0v) is 16.3. The molecule has 0 aromatic heterocycles. The van der Waals surface area contributed by atoms with E-state index in [1.54, 1.807) is 44.6 Å². The minimum absolute atomic E-state index is 0.0710. The van der Waals surface area contributed by atoms with E-state index in [2.05, 4.69) is 10.6 Å². The maximum absolute atomic E-state index is 13.0. The maximum atomic E-state index is 13.0. The van der Waals surface area contributed by atoms with E-state index >= 15 is 0 Å². The Hall–Kier alpha value is -3.02. The third kappa shape index (κ3) is 5.23. The van der Waals surface area contributed by atoms with Crippen LogP contribution < -0.4 is 20.1 Å². The first-order chi connectivity index (χ1) is 12.8. The smallest absolute Gasteiger partial charge is 0.232 e. The predicted octanol–water partition coefficient (Wildman–Crippen LogP) is 4.04. The summed E-state index contributed by atoms with van der Waals surface area (Å²) < 4.78 is 10.6. The highest BCUT2D eigenvalue weighted by Crippen LogP contribution is 2.34. The molecule has 1 unspecified atom stereocenters. The SMILES string of the molecule is COc1ccc(C(C(=O)Nc2cccc(NC(C)=O)c2)C(C)C)cc1OC. The molecule has 0 aliphatic rings. The molecule has 0 aliphatic carbocycles. The third-order valence-corrected chi connectivity index (χ3v) is 4.17. The van der Waals surface area contributed by atoms with Crippen LogP contribution in [-0.4, -0.2) is 26.0 Å². The van der Waals surface area contributed by atoms with Crippen molar-refractivity contribution < 1.29 is 19.1 Å². The number of hydrogen-bond donors (Lipinski definition) is 2. The van der Waals surface area contributed by atoms with Crippen LogP contribution >= 0.6 is 0 Å². The summed E-state index contributed by atoms with van der Waals surface area (Å²) in [4.78, 5) is 24.2. The van der Waals surface area contributed by atoms with Crippen LogP contribution in [0.3, 0.4) is 0 Å². The highest BCUT2D eigenvalue weighted by atomic mass is 16.5. The van der Waals surface area contributed by atoms with E-state index in [9.17, 15) is 9.59 Å². The number of rotatable bonds is 7. The van der Waals surface area contributed by atoms with Crippen molar-refractivity contribution in [3.05, 3.63) is 48.0 Å². The Morgan fingerprint density at radius 3 is 2.07 bits per heavy atom. The standard InChI is InChI=1S/C21H26N2O4/c1-13(2)20(15-9-10-18(26-4)19(11-15)27-5)21(25)23-17-8-6-7-16(12-17)22-14(3)24/h6-13,20H,1-5H3,(H,22,24)(H,23,25). The lowest BCUT2D eigenvalue weighted by Crippen LogP contribution is -2.25. The summed E-state index contributed by atoms with van der Waals surface area (Å²) >= 11 is 0. The molecule has 0 aliphatic heterocycles. The van der Waals surface area contributed by atoms with Crippen LogP contribution in [0.1, 0.15) is 32.3 Å². The zero-order chi connectivity index (χ0) is 20.0. The van der Waals surface area contributed by atoms with Gasteiger partial charge in [-0.25, -0.2) is 0 Å². The number of carbonyl (C=O) groups is 2. The Kier molecular flexibility index (Phi) is 6.82. The van der Waals surface area contributed by atoms with Crippen LogP contribution in [0.25, 0.3) is 0 Å². The molecular weight excluding hydrogens is 344 g/mol. The molecule has 0 bridgehead atoms. The summed E-state index contributed by atoms with van der Waals surface area (Å²) in [7, 11) is 3.14. The number of carbonyl (C=O) groups excluding carboxylic acids is 2. The van der Waals surface area contributed by atoms with Gasteiger partial charge in [-0.1, -0.05) is 26.0 Å². The van der Waals surface area contributed by atoms with Crippen molar-refractivity contribution in [1.82, 2.24) is 0 Å². The molecular formula is C21H26N2O4. The predicted molar refractivity (Wildman–Crippen MR) is 107 cm³/mol. The number of benzene rings is 2. The van der Waals surface area contributed by atoms with Crippen LogP contribution in [0, 0.1) is 5.92 Å². The molecule has 2 N–H and O–H groups in total. The van der Waals surface area contributed by atoms with Gasteiger partial charge < -0.3 is 20.1 Å². The molecule has 0 heterocycles. The van der Waals surface area contributed by atoms with Gasteiger partial charge in [0.15, 0.2) is 11.5 Å². The van der Waals surface area contributed by atoms with E-state index in [1.807, 2.05) is 26.0 Å². The first-order valence-electron chi connectivity index (χ1n) is 8.76. The molecule has 0 radical (unpaired) electrons. The Balaban J connectivity index is 2.27. The van der Waals surface area contributed by atoms with Gasteiger partial charge in [0.25, 0.3) is 0 Å². The van der Waals surface area contributed by atoms with E-state index < -0.39 is 0 Å².